The summed E-state index contributed by atoms with van der Waals surface area (Å²) in [4.78, 5) is 35.8. The Kier molecular flexibility index (Phi) is 5.53. The van der Waals surface area contributed by atoms with Crippen molar-refractivity contribution in [3.63, 3.8) is 0 Å². The van der Waals surface area contributed by atoms with Crippen molar-refractivity contribution in [1.29, 1.82) is 0 Å². The third kappa shape index (κ3) is 3.90. The van der Waals surface area contributed by atoms with Crippen molar-refractivity contribution in [3.8, 4) is 12.3 Å². The van der Waals surface area contributed by atoms with Gasteiger partial charge in [-0.2, -0.15) is 0 Å². The van der Waals surface area contributed by atoms with Gasteiger partial charge in [0, 0.05) is 23.7 Å². The van der Waals surface area contributed by atoms with E-state index in [0.717, 1.165) is 50.3 Å². The normalized spacial score (nSPS) is 14.6. The van der Waals surface area contributed by atoms with E-state index in [4.69, 9.17) is 11.5 Å². The molecule has 0 spiro atoms. The maximum absolute atomic E-state index is 12.8. The van der Waals surface area contributed by atoms with E-state index in [2.05, 4.69) is 5.92 Å². The number of nitro groups is 1. The highest BCUT2D eigenvalue weighted by atomic mass is 16.6. The lowest BCUT2D eigenvalue weighted by Gasteiger charge is -2.33. The first-order chi connectivity index (χ1) is 11.4. The van der Waals surface area contributed by atoms with E-state index in [1.54, 1.807) is 0 Å². The second kappa shape index (κ2) is 7.59. The first-order valence-electron chi connectivity index (χ1n) is 7.71. The predicted octanol–water partition coefficient (Wildman–Crippen LogP) is 2.70. The third-order valence-corrected chi connectivity index (χ3v) is 4.16. The molecular formula is C17H18N2O5. The van der Waals surface area contributed by atoms with Crippen LogP contribution in [0.4, 0.5) is 5.69 Å². The molecule has 0 saturated heterocycles. The molecule has 1 fully saturated rings. The van der Waals surface area contributed by atoms with Gasteiger partial charge in [0.05, 0.1) is 17.0 Å². The Hall–Kier alpha value is -2.88. The molecule has 0 heterocycles. The second-order valence-corrected chi connectivity index (χ2v) is 5.76. The van der Waals surface area contributed by atoms with E-state index >= 15 is 0 Å². The van der Waals surface area contributed by atoms with E-state index in [1.807, 2.05) is 0 Å². The lowest BCUT2D eigenvalue weighted by Crippen LogP contribution is -2.41. The minimum Gasteiger partial charge on any atom is -0.478 e. The Balaban J connectivity index is 2.39. The molecule has 1 aliphatic carbocycles. The van der Waals surface area contributed by atoms with Crippen LogP contribution in [0.25, 0.3) is 0 Å². The molecule has 1 aliphatic rings. The van der Waals surface area contributed by atoms with Crippen LogP contribution in [0.1, 0.15) is 52.8 Å². The second-order valence-electron chi connectivity index (χ2n) is 5.76. The number of carboxylic acids is 1. The Bertz CT molecular complexity index is 669. The molecule has 24 heavy (non-hydrogen) atoms. The van der Waals surface area contributed by atoms with Crippen molar-refractivity contribution >= 4 is 17.6 Å². The molecule has 7 heteroatoms. The number of amides is 1. The summed E-state index contributed by atoms with van der Waals surface area (Å²) in [5.41, 5.74) is -0.748. The summed E-state index contributed by atoms with van der Waals surface area (Å²) >= 11 is 0. The van der Waals surface area contributed by atoms with Gasteiger partial charge in [-0.15, -0.1) is 6.42 Å². The molecule has 1 amide bonds. The van der Waals surface area contributed by atoms with Gasteiger partial charge < -0.3 is 10.0 Å². The zero-order chi connectivity index (χ0) is 17.7. The van der Waals surface area contributed by atoms with E-state index in [9.17, 15) is 19.7 Å². The highest BCUT2D eigenvalue weighted by molar-refractivity contribution is 5.98. The molecule has 0 atom stereocenters. The minimum absolute atomic E-state index is 0.0187. The number of aromatic carboxylic acids is 1. The lowest BCUT2D eigenvalue weighted by atomic mass is 9.93. The van der Waals surface area contributed by atoms with Gasteiger partial charge in [0.2, 0.25) is 0 Å². The number of hydrogen-bond acceptors (Lipinski definition) is 4. The molecule has 0 aromatic heterocycles. The lowest BCUT2D eigenvalue weighted by molar-refractivity contribution is -0.384. The number of carbonyl (C=O) groups excluding carboxylic acids is 1. The fourth-order valence-corrected chi connectivity index (χ4v) is 2.99. The van der Waals surface area contributed by atoms with Gasteiger partial charge in [-0.1, -0.05) is 25.2 Å². The molecular weight excluding hydrogens is 312 g/mol. The molecule has 7 nitrogen and oxygen atoms in total. The molecule has 0 aliphatic heterocycles. The van der Waals surface area contributed by atoms with Crippen LogP contribution < -0.4 is 0 Å². The number of carboxylic acid groups (broad SMARTS) is 1. The van der Waals surface area contributed by atoms with Gasteiger partial charge in [-0.05, 0) is 18.9 Å². The van der Waals surface area contributed by atoms with Crippen molar-refractivity contribution in [3.05, 3.63) is 39.4 Å². The van der Waals surface area contributed by atoms with Crippen LogP contribution in [0, 0.1) is 22.5 Å². The van der Waals surface area contributed by atoms with Crippen molar-refractivity contribution in [2.45, 2.75) is 38.1 Å². The Morgan fingerprint density at radius 2 is 1.88 bits per heavy atom. The average molecular weight is 330 g/mol. The molecule has 1 N–H and O–H groups in total. The van der Waals surface area contributed by atoms with Gasteiger partial charge in [-0.3, -0.25) is 14.9 Å². The van der Waals surface area contributed by atoms with Crippen molar-refractivity contribution in [2.75, 3.05) is 6.54 Å². The van der Waals surface area contributed by atoms with Crippen LogP contribution in [-0.2, 0) is 0 Å². The summed E-state index contributed by atoms with van der Waals surface area (Å²) < 4.78 is 0. The van der Waals surface area contributed by atoms with E-state index in [-0.39, 0.29) is 23.7 Å². The largest absolute Gasteiger partial charge is 0.478 e. The maximum atomic E-state index is 12.8. The number of terminal acetylenes is 1. The molecule has 1 saturated carbocycles. The predicted molar refractivity (Wildman–Crippen MR) is 86.8 cm³/mol. The van der Waals surface area contributed by atoms with Crippen LogP contribution in [0.3, 0.4) is 0 Å². The van der Waals surface area contributed by atoms with Crippen LogP contribution in [0.15, 0.2) is 18.2 Å². The number of benzene rings is 1. The molecule has 0 unspecified atom stereocenters. The first kappa shape index (κ1) is 17.5. The number of carbonyl (C=O) groups is 2. The van der Waals surface area contributed by atoms with E-state index in [1.165, 1.54) is 4.90 Å². The van der Waals surface area contributed by atoms with Crippen molar-refractivity contribution in [2.24, 2.45) is 0 Å². The molecule has 1 aromatic rings. The minimum atomic E-state index is -1.33. The quantitative estimate of drug-likeness (QED) is 0.508. The summed E-state index contributed by atoms with van der Waals surface area (Å²) in [6.45, 7) is 0.0919. The Morgan fingerprint density at radius 3 is 2.42 bits per heavy atom. The summed E-state index contributed by atoms with van der Waals surface area (Å²) in [6.07, 6.45) is 10.1. The van der Waals surface area contributed by atoms with Gasteiger partial charge in [0.15, 0.2) is 0 Å². The van der Waals surface area contributed by atoms with Gasteiger partial charge in [0.25, 0.3) is 11.6 Å². The van der Waals surface area contributed by atoms with Gasteiger partial charge in [0.1, 0.15) is 0 Å². The zero-order valence-corrected chi connectivity index (χ0v) is 13.1. The van der Waals surface area contributed by atoms with E-state index in [0.29, 0.717) is 0 Å². The SMILES string of the molecule is C#CCN(C(=O)c1cc(C(=O)O)cc([N+](=O)[O-])c1)C1CCCCC1. The first-order valence-corrected chi connectivity index (χ1v) is 7.71. The number of nitro benzene ring substituents is 1. The van der Waals surface area contributed by atoms with Gasteiger partial charge in [-0.25, -0.2) is 4.79 Å². The maximum Gasteiger partial charge on any atom is 0.335 e. The summed E-state index contributed by atoms with van der Waals surface area (Å²) in [5, 5.41) is 20.1. The number of hydrogen-bond donors (Lipinski definition) is 1. The van der Waals surface area contributed by atoms with Crippen LogP contribution in [0.5, 0.6) is 0 Å². The zero-order valence-electron chi connectivity index (χ0n) is 13.1. The molecule has 0 radical (unpaired) electrons. The molecule has 0 bridgehead atoms. The number of non-ortho nitro benzene ring substituents is 1. The summed E-state index contributed by atoms with van der Waals surface area (Å²) in [6, 6.07) is 3.17. The van der Waals surface area contributed by atoms with Crippen LogP contribution >= 0.6 is 0 Å². The molecule has 2 rings (SSSR count). The fraction of sp³-hybridized carbons (Fsp3) is 0.412. The summed E-state index contributed by atoms with van der Waals surface area (Å²) in [7, 11) is 0. The highest BCUT2D eigenvalue weighted by Gasteiger charge is 2.27. The van der Waals surface area contributed by atoms with Crippen molar-refractivity contribution in [1.82, 2.24) is 4.90 Å². The number of nitrogens with zero attached hydrogens (tertiary/aromatic N) is 2. The van der Waals surface area contributed by atoms with Crippen molar-refractivity contribution < 1.29 is 19.6 Å². The average Bonchev–Trinajstić information content (AvgIpc) is 2.59. The Morgan fingerprint density at radius 1 is 1.25 bits per heavy atom. The smallest absolute Gasteiger partial charge is 0.335 e. The van der Waals surface area contributed by atoms with Gasteiger partial charge >= 0.3 is 5.97 Å². The topological polar surface area (TPSA) is 101 Å². The Labute approximate surface area is 139 Å². The molecule has 1 aromatic carbocycles. The monoisotopic (exact) mass is 330 g/mol. The van der Waals surface area contributed by atoms with Crippen LogP contribution in [-0.4, -0.2) is 39.4 Å². The standard InChI is InChI=1S/C17H18N2O5/c1-2-8-18(14-6-4-3-5-7-14)16(20)12-9-13(17(21)22)11-15(10-12)19(23)24/h1,9-11,14H,3-8H2,(H,21,22). The van der Waals surface area contributed by atoms with E-state index < -0.39 is 22.5 Å². The third-order valence-electron chi connectivity index (χ3n) is 4.16. The molecule has 126 valence electrons. The highest BCUT2D eigenvalue weighted by Crippen LogP contribution is 2.25. The number of rotatable bonds is 5. The summed E-state index contributed by atoms with van der Waals surface area (Å²) in [5.74, 6) is 0.654. The van der Waals surface area contributed by atoms with Crippen LogP contribution in [0.2, 0.25) is 0 Å². The fourth-order valence-electron chi connectivity index (χ4n) is 2.99.